The number of hydrogen-bond donors (Lipinski definition) is 3. The molecule has 5 nitrogen and oxygen atoms in total. The normalized spacial score (nSPS) is 10.5. The van der Waals surface area contributed by atoms with Gasteiger partial charge in [0.15, 0.2) is 11.6 Å². The van der Waals surface area contributed by atoms with E-state index in [0.29, 0.717) is 22.3 Å². The summed E-state index contributed by atoms with van der Waals surface area (Å²) in [5, 5.41) is 6.98. The first-order valence-corrected chi connectivity index (χ1v) is 7.88. The van der Waals surface area contributed by atoms with E-state index in [9.17, 15) is 0 Å². The van der Waals surface area contributed by atoms with Crippen LogP contribution in [0.25, 0.3) is 0 Å². The fraction of sp³-hybridized carbons (Fsp3) is 0.111. The molecule has 3 aromatic rings. The molecule has 0 saturated heterocycles. The third-order valence-corrected chi connectivity index (χ3v) is 3.82. The molecule has 0 atom stereocenters. The van der Waals surface area contributed by atoms with Crippen LogP contribution in [0.5, 0.6) is 0 Å². The number of benzene rings is 2. The highest BCUT2D eigenvalue weighted by Crippen LogP contribution is 2.31. The average Bonchev–Trinajstić information content (AvgIpc) is 2.52. The minimum absolute atomic E-state index is 0.427. The van der Waals surface area contributed by atoms with E-state index < -0.39 is 0 Å². The summed E-state index contributed by atoms with van der Waals surface area (Å²) in [5.74, 6) is 1.05. The summed E-state index contributed by atoms with van der Waals surface area (Å²) in [6, 6.07) is 13.6. The van der Waals surface area contributed by atoms with Gasteiger partial charge in [-0.3, -0.25) is 0 Å². The quantitative estimate of drug-likeness (QED) is 0.635. The molecule has 4 N–H and O–H groups in total. The maximum atomic E-state index is 6.21. The van der Waals surface area contributed by atoms with E-state index in [0.717, 1.165) is 11.4 Å². The second kappa shape index (κ2) is 6.76. The van der Waals surface area contributed by atoms with Crippen molar-refractivity contribution < 1.29 is 0 Å². The number of halogens is 1. The fourth-order valence-electron chi connectivity index (χ4n) is 2.47. The smallest absolute Gasteiger partial charge is 0.159 e. The van der Waals surface area contributed by atoms with Crippen molar-refractivity contribution in [3.05, 3.63) is 64.9 Å². The van der Waals surface area contributed by atoms with Crippen LogP contribution in [0.3, 0.4) is 0 Å². The van der Waals surface area contributed by atoms with E-state index >= 15 is 0 Å². The minimum atomic E-state index is 0.427. The van der Waals surface area contributed by atoms with Crippen LogP contribution in [-0.2, 0) is 0 Å². The molecule has 0 bridgehead atoms. The van der Waals surface area contributed by atoms with Crippen LogP contribution in [0, 0.1) is 13.8 Å². The fourth-order valence-corrected chi connectivity index (χ4v) is 2.65. The number of nitrogens with zero attached hydrogens (tertiary/aromatic N) is 2. The number of nitrogen functional groups attached to an aromatic ring is 1. The van der Waals surface area contributed by atoms with Gasteiger partial charge < -0.3 is 16.4 Å². The lowest BCUT2D eigenvalue weighted by atomic mass is 10.1. The van der Waals surface area contributed by atoms with E-state index in [1.54, 1.807) is 6.07 Å². The van der Waals surface area contributed by atoms with E-state index in [-0.39, 0.29) is 0 Å². The van der Waals surface area contributed by atoms with Gasteiger partial charge in [0.05, 0.1) is 10.7 Å². The lowest BCUT2D eigenvalue weighted by Crippen LogP contribution is -2.05. The Hall–Kier alpha value is -2.79. The molecule has 122 valence electrons. The Morgan fingerprint density at radius 3 is 2.21 bits per heavy atom. The highest BCUT2D eigenvalue weighted by Gasteiger charge is 2.10. The van der Waals surface area contributed by atoms with Crippen molar-refractivity contribution >= 4 is 40.3 Å². The molecular weight excluding hydrogens is 322 g/mol. The topological polar surface area (TPSA) is 75.9 Å². The second-order valence-electron chi connectivity index (χ2n) is 5.59. The van der Waals surface area contributed by atoms with Gasteiger partial charge in [0, 0.05) is 5.69 Å². The molecule has 6 heteroatoms. The summed E-state index contributed by atoms with van der Waals surface area (Å²) in [6.45, 7) is 4.10. The first-order chi connectivity index (χ1) is 11.5. The van der Waals surface area contributed by atoms with Gasteiger partial charge in [0.25, 0.3) is 0 Å². The molecular formula is C18H18ClN5. The van der Waals surface area contributed by atoms with E-state index in [1.165, 1.54) is 17.5 Å². The SMILES string of the molecule is Cc1cc(C)cc(Nc2ncnc(Nc3ccccc3Cl)c2N)c1. The molecule has 0 aliphatic heterocycles. The summed E-state index contributed by atoms with van der Waals surface area (Å²) in [4.78, 5) is 8.44. The van der Waals surface area contributed by atoms with Crippen molar-refractivity contribution in [3.63, 3.8) is 0 Å². The lowest BCUT2D eigenvalue weighted by Gasteiger charge is -2.14. The van der Waals surface area contributed by atoms with Gasteiger partial charge in [-0.05, 0) is 49.2 Å². The number of nitrogens with one attached hydrogen (secondary N) is 2. The van der Waals surface area contributed by atoms with Gasteiger partial charge in [0.2, 0.25) is 0 Å². The van der Waals surface area contributed by atoms with Crippen molar-refractivity contribution in [1.82, 2.24) is 9.97 Å². The number of anilines is 5. The van der Waals surface area contributed by atoms with Crippen LogP contribution in [0.4, 0.5) is 28.7 Å². The zero-order chi connectivity index (χ0) is 17.1. The number of aryl methyl sites for hydroxylation is 2. The average molecular weight is 340 g/mol. The summed E-state index contributed by atoms with van der Waals surface area (Å²) in [5.41, 5.74) is 10.6. The van der Waals surface area contributed by atoms with E-state index in [2.05, 4.69) is 26.7 Å². The number of hydrogen-bond acceptors (Lipinski definition) is 5. The van der Waals surface area contributed by atoms with Crippen molar-refractivity contribution in [2.45, 2.75) is 13.8 Å². The van der Waals surface area contributed by atoms with Crippen LogP contribution in [-0.4, -0.2) is 9.97 Å². The van der Waals surface area contributed by atoms with Gasteiger partial charge in [-0.25, -0.2) is 9.97 Å². The summed E-state index contributed by atoms with van der Waals surface area (Å²) in [6.07, 6.45) is 1.46. The minimum Gasteiger partial charge on any atom is -0.393 e. The van der Waals surface area contributed by atoms with Crippen molar-refractivity contribution in [3.8, 4) is 0 Å². The molecule has 0 unspecified atom stereocenters. The lowest BCUT2D eigenvalue weighted by molar-refractivity contribution is 1.17. The molecule has 3 rings (SSSR count). The monoisotopic (exact) mass is 339 g/mol. The standard InChI is InChI=1S/C18H18ClN5/c1-11-7-12(2)9-13(8-11)23-17-16(20)18(22-10-21-17)24-15-6-4-3-5-14(15)19/h3-10H,20H2,1-2H3,(H2,21,22,23,24). The van der Waals surface area contributed by atoms with Crippen LogP contribution >= 0.6 is 11.6 Å². The first kappa shape index (κ1) is 16.1. The molecule has 0 aliphatic rings. The zero-order valence-electron chi connectivity index (χ0n) is 13.5. The zero-order valence-corrected chi connectivity index (χ0v) is 14.2. The predicted octanol–water partition coefficient (Wildman–Crippen LogP) is 4.82. The molecule has 1 heterocycles. The summed E-state index contributed by atoms with van der Waals surface area (Å²) in [7, 11) is 0. The molecule has 1 aromatic heterocycles. The highest BCUT2D eigenvalue weighted by atomic mass is 35.5. The van der Waals surface area contributed by atoms with Gasteiger partial charge in [0.1, 0.15) is 12.0 Å². The number of rotatable bonds is 4. The molecule has 0 aliphatic carbocycles. The third kappa shape index (κ3) is 3.58. The number of aromatic nitrogens is 2. The Bertz CT molecular complexity index is 859. The molecule has 0 fully saturated rings. The maximum Gasteiger partial charge on any atom is 0.159 e. The molecule has 2 aromatic carbocycles. The summed E-state index contributed by atoms with van der Waals surface area (Å²) >= 11 is 6.17. The highest BCUT2D eigenvalue weighted by molar-refractivity contribution is 6.33. The van der Waals surface area contributed by atoms with E-state index in [1.807, 2.05) is 44.2 Å². The van der Waals surface area contributed by atoms with E-state index in [4.69, 9.17) is 17.3 Å². The number of nitrogens with two attached hydrogens (primary N) is 1. The number of para-hydroxylation sites is 1. The van der Waals surface area contributed by atoms with Crippen LogP contribution in [0.15, 0.2) is 48.8 Å². The Balaban J connectivity index is 1.89. The second-order valence-corrected chi connectivity index (χ2v) is 6.00. The van der Waals surface area contributed by atoms with Crippen molar-refractivity contribution in [2.24, 2.45) is 0 Å². The predicted molar refractivity (Wildman–Crippen MR) is 100 cm³/mol. The Kier molecular flexibility index (Phi) is 4.53. The molecule has 0 saturated carbocycles. The molecule has 0 radical (unpaired) electrons. The largest absolute Gasteiger partial charge is 0.393 e. The first-order valence-electron chi connectivity index (χ1n) is 7.50. The molecule has 0 amide bonds. The van der Waals surface area contributed by atoms with Crippen LogP contribution in [0.2, 0.25) is 5.02 Å². The van der Waals surface area contributed by atoms with Crippen LogP contribution in [0.1, 0.15) is 11.1 Å². The Morgan fingerprint density at radius 2 is 1.54 bits per heavy atom. The summed E-state index contributed by atoms with van der Waals surface area (Å²) < 4.78 is 0. The van der Waals surface area contributed by atoms with Gasteiger partial charge >= 0.3 is 0 Å². The molecule has 24 heavy (non-hydrogen) atoms. The van der Waals surface area contributed by atoms with Gasteiger partial charge in [-0.2, -0.15) is 0 Å². The third-order valence-electron chi connectivity index (χ3n) is 3.50. The van der Waals surface area contributed by atoms with Crippen LogP contribution < -0.4 is 16.4 Å². The van der Waals surface area contributed by atoms with Gasteiger partial charge in [-0.1, -0.05) is 29.8 Å². The maximum absolute atomic E-state index is 6.21. The Morgan fingerprint density at radius 1 is 0.917 bits per heavy atom. The van der Waals surface area contributed by atoms with Crippen molar-refractivity contribution in [1.29, 1.82) is 0 Å². The Labute approximate surface area is 145 Å². The molecule has 0 spiro atoms. The van der Waals surface area contributed by atoms with Gasteiger partial charge in [-0.15, -0.1) is 0 Å². The van der Waals surface area contributed by atoms with Crippen molar-refractivity contribution in [2.75, 3.05) is 16.4 Å².